The van der Waals surface area contributed by atoms with Gasteiger partial charge in [-0.15, -0.1) is 0 Å². The van der Waals surface area contributed by atoms with Crippen LogP contribution in [0, 0.1) is 0 Å². The molecule has 3 N–H and O–H groups in total. The van der Waals surface area contributed by atoms with Crippen molar-refractivity contribution < 1.29 is 14.7 Å². The van der Waals surface area contributed by atoms with Crippen molar-refractivity contribution in [3.63, 3.8) is 0 Å². The lowest BCUT2D eigenvalue weighted by Gasteiger charge is -2.10. The van der Waals surface area contributed by atoms with Gasteiger partial charge in [-0.2, -0.15) is 0 Å². The third kappa shape index (κ3) is 2.65. The molecule has 6 nitrogen and oxygen atoms in total. The van der Waals surface area contributed by atoms with E-state index in [2.05, 4.69) is 15.6 Å². The topological polar surface area (TPSA) is 91.3 Å². The van der Waals surface area contributed by atoms with Gasteiger partial charge in [-0.25, -0.2) is 4.98 Å². The molecule has 0 saturated carbocycles. The number of fused-ring (bicyclic) bond motifs is 1. The highest BCUT2D eigenvalue weighted by Gasteiger charge is 2.27. The smallest absolute Gasteiger partial charge is 0.322 e. The summed E-state index contributed by atoms with van der Waals surface area (Å²) in [5, 5.41) is 14.1. The van der Waals surface area contributed by atoms with Crippen LogP contribution in [0.25, 0.3) is 0 Å². The Morgan fingerprint density at radius 1 is 1.65 bits per heavy atom. The van der Waals surface area contributed by atoms with Crippen LogP contribution in [0.4, 0.5) is 5.69 Å². The summed E-state index contributed by atoms with van der Waals surface area (Å²) < 4.78 is 0. The average Bonchev–Trinajstić information content (AvgIpc) is 2.68. The van der Waals surface area contributed by atoms with Crippen LogP contribution in [-0.2, 0) is 16.0 Å². The number of rotatable bonds is 3. The number of halogens is 1. The summed E-state index contributed by atoms with van der Waals surface area (Å²) in [7, 11) is 0. The Kier molecular flexibility index (Phi) is 3.14. The van der Waals surface area contributed by atoms with Crippen molar-refractivity contribution in [2.75, 3.05) is 11.9 Å². The molecule has 2 rings (SSSR count). The van der Waals surface area contributed by atoms with Gasteiger partial charge in [0.2, 0.25) is 5.91 Å². The van der Waals surface area contributed by atoms with Gasteiger partial charge in [-0.3, -0.25) is 9.59 Å². The molecule has 1 aromatic heterocycles. The van der Waals surface area contributed by atoms with Gasteiger partial charge in [0, 0.05) is 6.42 Å². The van der Waals surface area contributed by atoms with E-state index < -0.39 is 12.0 Å². The van der Waals surface area contributed by atoms with Crippen LogP contribution >= 0.6 is 11.6 Å². The minimum Gasteiger partial charge on any atom is -0.480 e. The zero-order valence-corrected chi connectivity index (χ0v) is 9.49. The van der Waals surface area contributed by atoms with Gasteiger partial charge in [0.1, 0.15) is 17.7 Å². The number of nitrogens with one attached hydrogen (secondary N) is 2. The standard InChI is InChI=1S/C10H10ClN3O3/c11-8-2-5-1-6(14-7(5)3-12-8)10(17)13-4-9(15)16/h2-3,6,14H,1,4H2,(H,13,17)(H,15,16). The Hall–Kier alpha value is -1.82. The Balaban J connectivity index is 2.00. The van der Waals surface area contributed by atoms with Crippen molar-refractivity contribution in [2.45, 2.75) is 12.5 Å². The molecular formula is C10H10ClN3O3. The van der Waals surface area contributed by atoms with Crippen LogP contribution in [0.15, 0.2) is 12.3 Å². The van der Waals surface area contributed by atoms with Crippen LogP contribution < -0.4 is 10.6 Å². The number of nitrogens with zero attached hydrogens (tertiary/aromatic N) is 1. The first-order valence-corrected chi connectivity index (χ1v) is 5.34. The van der Waals surface area contributed by atoms with Crippen LogP contribution in [-0.4, -0.2) is 34.6 Å². The molecule has 2 heterocycles. The van der Waals surface area contributed by atoms with E-state index >= 15 is 0 Å². The number of carbonyl (C=O) groups is 2. The number of amides is 1. The molecule has 0 spiro atoms. The van der Waals surface area contributed by atoms with E-state index in [0.717, 1.165) is 11.3 Å². The predicted octanol–water partition coefficient (Wildman–Crippen LogP) is 0.272. The van der Waals surface area contributed by atoms with Gasteiger partial charge >= 0.3 is 5.97 Å². The first-order valence-electron chi connectivity index (χ1n) is 4.96. The molecule has 1 aliphatic heterocycles. The Morgan fingerprint density at radius 2 is 2.41 bits per heavy atom. The number of hydrogen-bond donors (Lipinski definition) is 3. The maximum atomic E-state index is 11.6. The molecule has 1 aromatic rings. The third-order valence-corrected chi connectivity index (χ3v) is 2.65. The Labute approximate surface area is 102 Å². The number of anilines is 1. The van der Waals surface area contributed by atoms with E-state index in [1.165, 1.54) is 0 Å². The van der Waals surface area contributed by atoms with Gasteiger partial charge < -0.3 is 15.7 Å². The molecule has 17 heavy (non-hydrogen) atoms. The zero-order valence-electron chi connectivity index (χ0n) is 8.74. The van der Waals surface area contributed by atoms with Crippen LogP contribution in [0.3, 0.4) is 0 Å². The summed E-state index contributed by atoms with van der Waals surface area (Å²) in [5.74, 6) is -1.42. The Morgan fingerprint density at radius 3 is 3.12 bits per heavy atom. The fourth-order valence-corrected chi connectivity index (χ4v) is 1.85. The summed E-state index contributed by atoms with van der Waals surface area (Å²) >= 11 is 5.74. The summed E-state index contributed by atoms with van der Waals surface area (Å²) in [5.41, 5.74) is 1.66. The van der Waals surface area contributed by atoms with E-state index in [1.54, 1.807) is 12.3 Å². The maximum absolute atomic E-state index is 11.6. The molecule has 7 heteroatoms. The van der Waals surface area contributed by atoms with Crippen LogP contribution in [0.2, 0.25) is 5.15 Å². The number of pyridine rings is 1. The summed E-state index contributed by atoms with van der Waals surface area (Å²) in [6.07, 6.45) is 2.03. The van der Waals surface area contributed by atoms with Crippen molar-refractivity contribution in [1.29, 1.82) is 0 Å². The van der Waals surface area contributed by atoms with E-state index in [-0.39, 0.29) is 12.5 Å². The summed E-state index contributed by atoms with van der Waals surface area (Å²) in [6.45, 7) is -0.383. The molecule has 90 valence electrons. The van der Waals surface area contributed by atoms with E-state index in [0.29, 0.717) is 11.6 Å². The normalized spacial score (nSPS) is 17.1. The second kappa shape index (κ2) is 4.58. The van der Waals surface area contributed by atoms with Crippen molar-refractivity contribution >= 4 is 29.2 Å². The van der Waals surface area contributed by atoms with Gasteiger partial charge in [0.25, 0.3) is 0 Å². The van der Waals surface area contributed by atoms with Gasteiger partial charge in [0.15, 0.2) is 0 Å². The third-order valence-electron chi connectivity index (χ3n) is 2.44. The largest absolute Gasteiger partial charge is 0.480 e. The molecule has 1 atom stereocenters. The number of carboxylic acid groups (broad SMARTS) is 1. The van der Waals surface area contributed by atoms with E-state index in [9.17, 15) is 9.59 Å². The number of carbonyl (C=O) groups excluding carboxylic acids is 1. The summed E-state index contributed by atoms with van der Waals surface area (Å²) in [4.78, 5) is 25.8. The van der Waals surface area contributed by atoms with E-state index in [1.807, 2.05) is 0 Å². The highest BCUT2D eigenvalue weighted by atomic mass is 35.5. The maximum Gasteiger partial charge on any atom is 0.322 e. The lowest BCUT2D eigenvalue weighted by atomic mass is 10.1. The first-order chi connectivity index (χ1) is 8.06. The second-order valence-corrected chi connectivity index (χ2v) is 4.06. The molecule has 1 unspecified atom stereocenters. The fourth-order valence-electron chi connectivity index (χ4n) is 1.67. The average molecular weight is 256 g/mol. The highest BCUT2D eigenvalue weighted by Crippen LogP contribution is 2.26. The van der Waals surface area contributed by atoms with Crippen molar-refractivity contribution in [2.24, 2.45) is 0 Å². The molecule has 0 bridgehead atoms. The molecule has 1 aliphatic rings. The SMILES string of the molecule is O=C(O)CNC(=O)C1Cc2cc(Cl)ncc2N1. The quantitative estimate of drug-likeness (QED) is 0.675. The van der Waals surface area contributed by atoms with Crippen LogP contribution in [0.5, 0.6) is 0 Å². The highest BCUT2D eigenvalue weighted by molar-refractivity contribution is 6.29. The van der Waals surface area contributed by atoms with Crippen molar-refractivity contribution in [3.8, 4) is 0 Å². The summed E-state index contributed by atoms with van der Waals surface area (Å²) in [6, 6.07) is 1.22. The van der Waals surface area contributed by atoms with Gasteiger partial charge in [-0.05, 0) is 11.6 Å². The predicted molar refractivity (Wildman–Crippen MR) is 61.0 cm³/mol. The first kappa shape index (κ1) is 11.7. The van der Waals surface area contributed by atoms with Gasteiger partial charge in [0.05, 0.1) is 11.9 Å². The molecule has 0 aliphatic carbocycles. The minimum atomic E-state index is -1.07. The molecule has 0 fully saturated rings. The Bertz CT molecular complexity index is 478. The monoisotopic (exact) mass is 255 g/mol. The van der Waals surface area contributed by atoms with Crippen LogP contribution in [0.1, 0.15) is 5.56 Å². The van der Waals surface area contributed by atoms with Crippen molar-refractivity contribution in [1.82, 2.24) is 10.3 Å². The van der Waals surface area contributed by atoms with Gasteiger partial charge in [-0.1, -0.05) is 11.6 Å². The molecular weight excluding hydrogens is 246 g/mol. The number of aliphatic carboxylic acids is 1. The number of carboxylic acids is 1. The molecule has 1 amide bonds. The number of hydrogen-bond acceptors (Lipinski definition) is 4. The molecule has 0 saturated heterocycles. The lowest BCUT2D eigenvalue weighted by molar-refractivity contribution is -0.138. The van der Waals surface area contributed by atoms with Crippen molar-refractivity contribution in [3.05, 3.63) is 23.0 Å². The molecule has 0 radical (unpaired) electrons. The zero-order chi connectivity index (χ0) is 12.4. The lowest BCUT2D eigenvalue weighted by Crippen LogP contribution is -2.40. The second-order valence-electron chi connectivity index (χ2n) is 3.68. The minimum absolute atomic E-state index is 0.347. The van der Waals surface area contributed by atoms with E-state index in [4.69, 9.17) is 16.7 Å². The number of aromatic nitrogens is 1. The fraction of sp³-hybridized carbons (Fsp3) is 0.300. The molecule has 0 aromatic carbocycles.